The van der Waals surface area contributed by atoms with Crippen molar-refractivity contribution in [1.29, 1.82) is 0 Å². The number of hydrogen-bond acceptors (Lipinski definition) is 5. The van der Waals surface area contributed by atoms with Gasteiger partial charge < -0.3 is 9.64 Å². The number of nitrogens with zero attached hydrogens (tertiary/aromatic N) is 3. The number of nitrogens with one attached hydrogen (secondary N) is 1. The molecule has 29 heavy (non-hydrogen) atoms. The third-order valence-corrected chi connectivity index (χ3v) is 4.76. The molecular formula is C20H21ClN4O4. The highest BCUT2D eigenvalue weighted by Crippen LogP contribution is 2.24. The number of aryl methyl sites for hydroxylation is 1. The minimum atomic E-state index is -0.571. The smallest absolute Gasteiger partial charge is 0.329 e. The molecular weight excluding hydrogens is 396 g/mol. The summed E-state index contributed by atoms with van der Waals surface area (Å²) in [4.78, 5) is 45.2. The molecule has 0 radical (unpaired) electrons. The van der Waals surface area contributed by atoms with E-state index in [1.807, 2.05) is 6.92 Å². The minimum Gasteiger partial charge on any atom is -0.496 e. The molecule has 2 aromatic heterocycles. The molecule has 0 aliphatic carbocycles. The van der Waals surface area contributed by atoms with Gasteiger partial charge in [0.25, 0.3) is 11.5 Å². The molecule has 0 saturated heterocycles. The molecule has 0 fully saturated rings. The Labute approximate surface area is 171 Å². The van der Waals surface area contributed by atoms with E-state index < -0.39 is 11.2 Å². The van der Waals surface area contributed by atoms with E-state index in [0.29, 0.717) is 23.7 Å². The normalized spacial score (nSPS) is 10.9. The van der Waals surface area contributed by atoms with E-state index in [0.717, 1.165) is 5.56 Å². The van der Waals surface area contributed by atoms with Crippen molar-refractivity contribution < 1.29 is 9.53 Å². The highest BCUT2D eigenvalue weighted by molar-refractivity contribution is 6.30. The number of methoxy groups -OCH3 is 1. The second-order valence-electron chi connectivity index (χ2n) is 6.62. The summed E-state index contributed by atoms with van der Waals surface area (Å²) in [5, 5.41) is 0.729. The maximum atomic E-state index is 12.9. The summed E-state index contributed by atoms with van der Waals surface area (Å²) >= 11 is 6.05. The lowest BCUT2D eigenvalue weighted by Crippen LogP contribution is -2.31. The molecule has 8 nitrogen and oxygen atoms in total. The number of aromatic nitrogens is 3. The fourth-order valence-electron chi connectivity index (χ4n) is 3.13. The van der Waals surface area contributed by atoms with Gasteiger partial charge in [0.15, 0.2) is 0 Å². The van der Waals surface area contributed by atoms with Crippen LogP contribution in [0.2, 0.25) is 5.02 Å². The van der Waals surface area contributed by atoms with Crippen molar-refractivity contribution in [3.8, 4) is 5.75 Å². The van der Waals surface area contributed by atoms with Crippen molar-refractivity contribution in [3.05, 3.63) is 67.4 Å². The van der Waals surface area contributed by atoms with Gasteiger partial charge in [0.1, 0.15) is 11.4 Å². The molecule has 3 aromatic rings. The molecule has 2 heterocycles. The Hall–Kier alpha value is -3.13. The van der Waals surface area contributed by atoms with Crippen molar-refractivity contribution in [3.63, 3.8) is 0 Å². The van der Waals surface area contributed by atoms with Gasteiger partial charge >= 0.3 is 5.69 Å². The summed E-state index contributed by atoms with van der Waals surface area (Å²) in [7, 11) is 3.18. The van der Waals surface area contributed by atoms with Gasteiger partial charge in [0.2, 0.25) is 0 Å². The van der Waals surface area contributed by atoms with Gasteiger partial charge in [-0.25, -0.2) is 9.78 Å². The van der Waals surface area contributed by atoms with E-state index in [1.165, 1.54) is 21.7 Å². The number of pyridine rings is 1. The van der Waals surface area contributed by atoms with E-state index in [2.05, 4.69) is 9.97 Å². The van der Waals surface area contributed by atoms with Gasteiger partial charge in [0.05, 0.1) is 18.1 Å². The van der Waals surface area contributed by atoms with Crippen LogP contribution in [0.25, 0.3) is 11.0 Å². The van der Waals surface area contributed by atoms with Gasteiger partial charge in [-0.2, -0.15) is 0 Å². The SMILES string of the molecule is CCCn1c(=O)[nH]c(=O)c2cc(C(=O)N(C)Cc3cc(Cl)ccc3OC)cnc21. The van der Waals surface area contributed by atoms with Crippen LogP contribution in [0.3, 0.4) is 0 Å². The fraction of sp³-hybridized carbons (Fsp3) is 0.300. The number of amides is 1. The first-order valence-electron chi connectivity index (χ1n) is 9.06. The predicted octanol–water partition coefficient (Wildman–Crippen LogP) is 2.43. The molecule has 1 aromatic carbocycles. The van der Waals surface area contributed by atoms with Gasteiger partial charge in [-0.05, 0) is 30.7 Å². The van der Waals surface area contributed by atoms with E-state index in [4.69, 9.17) is 16.3 Å². The number of rotatable bonds is 6. The molecule has 0 saturated carbocycles. The molecule has 0 bridgehead atoms. The number of carbonyl (C=O) groups is 1. The molecule has 3 rings (SSSR count). The lowest BCUT2D eigenvalue weighted by Gasteiger charge is -2.19. The first-order valence-corrected chi connectivity index (χ1v) is 9.44. The van der Waals surface area contributed by atoms with Crippen LogP contribution < -0.4 is 16.0 Å². The summed E-state index contributed by atoms with van der Waals surface area (Å²) in [6.45, 7) is 2.59. The first-order chi connectivity index (χ1) is 13.8. The van der Waals surface area contributed by atoms with E-state index in [9.17, 15) is 14.4 Å². The summed E-state index contributed by atoms with van der Waals surface area (Å²) in [6.07, 6.45) is 2.08. The Bertz CT molecular complexity index is 1190. The molecule has 152 valence electrons. The van der Waals surface area contributed by atoms with E-state index in [1.54, 1.807) is 32.4 Å². The number of hydrogen-bond donors (Lipinski definition) is 1. The minimum absolute atomic E-state index is 0.192. The summed E-state index contributed by atoms with van der Waals surface area (Å²) < 4.78 is 6.72. The molecule has 0 aliphatic rings. The monoisotopic (exact) mass is 416 g/mol. The summed E-state index contributed by atoms with van der Waals surface area (Å²) in [5.74, 6) is 0.291. The van der Waals surface area contributed by atoms with Crippen molar-refractivity contribution in [2.45, 2.75) is 26.4 Å². The maximum Gasteiger partial charge on any atom is 0.329 e. The van der Waals surface area contributed by atoms with Crippen molar-refractivity contribution >= 4 is 28.5 Å². The largest absolute Gasteiger partial charge is 0.496 e. The van der Waals surface area contributed by atoms with Crippen LogP contribution in [0, 0.1) is 0 Å². The van der Waals surface area contributed by atoms with Crippen LogP contribution in [0.15, 0.2) is 40.1 Å². The van der Waals surface area contributed by atoms with Gasteiger partial charge in [-0.1, -0.05) is 18.5 Å². The Morgan fingerprint density at radius 3 is 2.76 bits per heavy atom. The fourth-order valence-corrected chi connectivity index (χ4v) is 3.33. The van der Waals surface area contributed by atoms with Crippen LogP contribution in [-0.4, -0.2) is 39.5 Å². The average Bonchev–Trinajstić information content (AvgIpc) is 2.70. The molecule has 9 heteroatoms. The quantitative estimate of drug-likeness (QED) is 0.665. The van der Waals surface area contributed by atoms with Gasteiger partial charge in [0, 0.05) is 36.9 Å². The molecule has 0 unspecified atom stereocenters. The third-order valence-electron chi connectivity index (χ3n) is 4.52. The number of H-pyrrole nitrogens is 1. The van der Waals surface area contributed by atoms with Crippen LogP contribution in [0.5, 0.6) is 5.75 Å². The number of benzene rings is 1. The molecule has 0 atom stereocenters. The Morgan fingerprint density at radius 2 is 2.07 bits per heavy atom. The first kappa shape index (κ1) is 20.6. The number of halogens is 1. The van der Waals surface area contributed by atoms with Crippen LogP contribution in [0.4, 0.5) is 0 Å². The zero-order valence-electron chi connectivity index (χ0n) is 16.4. The predicted molar refractivity (Wildman–Crippen MR) is 111 cm³/mol. The number of carbonyl (C=O) groups excluding carboxylic acids is 1. The Kier molecular flexibility index (Phi) is 6.03. The summed E-state index contributed by atoms with van der Waals surface area (Å²) in [5.41, 5.74) is 0.170. The average molecular weight is 417 g/mol. The zero-order chi connectivity index (χ0) is 21.1. The Balaban J connectivity index is 1.96. The van der Waals surface area contributed by atoms with Gasteiger partial charge in [-0.15, -0.1) is 0 Å². The third kappa shape index (κ3) is 4.17. The number of aromatic amines is 1. The molecule has 0 aliphatic heterocycles. The van der Waals surface area contributed by atoms with E-state index in [-0.39, 0.29) is 29.0 Å². The van der Waals surface area contributed by atoms with Crippen LogP contribution in [0.1, 0.15) is 29.3 Å². The van der Waals surface area contributed by atoms with Crippen LogP contribution in [-0.2, 0) is 13.1 Å². The second-order valence-corrected chi connectivity index (χ2v) is 7.06. The van der Waals surface area contributed by atoms with Crippen molar-refractivity contribution in [1.82, 2.24) is 19.4 Å². The van der Waals surface area contributed by atoms with Crippen molar-refractivity contribution in [2.24, 2.45) is 0 Å². The van der Waals surface area contributed by atoms with Crippen molar-refractivity contribution in [2.75, 3.05) is 14.2 Å². The number of fused-ring (bicyclic) bond motifs is 1. The second kappa shape index (κ2) is 8.48. The number of ether oxygens (including phenoxy) is 1. The lowest BCUT2D eigenvalue weighted by atomic mass is 10.1. The highest BCUT2D eigenvalue weighted by atomic mass is 35.5. The highest BCUT2D eigenvalue weighted by Gasteiger charge is 2.17. The molecule has 1 amide bonds. The molecule has 1 N–H and O–H groups in total. The maximum absolute atomic E-state index is 12.9. The van der Waals surface area contributed by atoms with Crippen LogP contribution >= 0.6 is 11.6 Å². The zero-order valence-corrected chi connectivity index (χ0v) is 17.1. The molecule has 0 spiro atoms. The van der Waals surface area contributed by atoms with E-state index >= 15 is 0 Å². The Morgan fingerprint density at radius 1 is 1.31 bits per heavy atom. The topological polar surface area (TPSA) is 97.3 Å². The van der Waals surface area contributed by atoms with Gasteiger partial charge in [-0.3, -0.25) is 19.1 Å². The summed E-state index contributed by atoms with van der Waals surface area (Å²) in [6, 6.07) is 6.64. The lowest BCUT2D eigenvalue weighted by molar-refractivity contribution is 0.0784. The standard InChI is InChI=1S/C20H21ClN4O4/c1-4-7-25-17-15(18(26)23-20(25)28)9-12(10-22-17)19(27)24(2)11-13-8-14(21)5-6-16(13)29-3/h5-6,8-10H,4,7,11H2,1-3H3,(H,23,26,28).